The third-order valence-corrected chi connectivity index (χ3v) is 11.1. The molecule has 4 aromatic rings. The van der Waals surface area contributed by atoms with Gasteiger partial charge < -0.3 is 29.3 Å². The number of esters is 1. The number of rotatable bonds is 9. The van der Waals surface area contributed by atoms with Crippen molar-refractivity contribution in [2.45, 2.75) is 12.1 Å². The average molecular weight is 786 g/mol. The highest BCUT2D eigenvalue weighted by Gasteiger charge is 2.42. The van der Waals surface area contributed by atoms with E-state index in [2.05, 4.69) is 15.2 Å². The number of aliphatic imine (C=N–C) groups is 1. The molecule has 3 saturated heterocycles. The summed E-state index contributed by atoms with van der Waals surface area (Å²) in [6.45, 7) is 4.66. The van der Waals surface area contributed by atoms with Gasteiger partial charge in [-0.15, -0.1) is 11.3 Å². The predicted octanol–water partition coefficient (Wildman–Crippen LogP) is 5.34. The zero-order valence-corrected chi connectivity index (χ0v) is 31.4. The van der Waals surface area contributed by atoms with E-state index in [0.717, 1.165) is 5.69 Å². The van der Waals surface area contributed by atoms with E-state index in [0.29, 0.717) is 98.2 Å². The number of carbonyl (C=O) groups is 3. The molecule has 3 amide bonds. The highest BCUT2D eigenvalue weighted by molar-refractivity contribution is 7.11. The highest BCUT2D eigenvalue weighted by Crippen LogP contribution is 2.37. The molecule has 1 aromatic heterocycles. The molecule has 3 aromatic carbocycles. The van der Waals surface area contributed by atoms with E-state index in [1.807, 2.05) is 34.5 Å². The minimum Gasteiger partial charge on any atom is -0.466 e. The number of piperazine rings is 1. The first-order valence-electron chi connectivity index (χ1n) is 17.8. The van der Waals surface area contributed by atoms with E-state index in [4.69, 9.17) is 30.8 Å². The minimum atomic E-state index is -0.864. The number of halogens is 2. The molecule has 2 unspecified atom stereocenters. The van der Waals surface area contributed by atoms with Crippen LogP contribution in [0.25, 0.3) is 0 Å². The van der Waals surface area contributed by atoms with E-state index in [-0.39, 0.29) is 28.6 Å². The number of hydrogen-bond donors (Lipinski definition) is 1. The van der Waals surface area contributed by atoms with Crippen molar-refractivity contribution in [2.24, 2.45) is 4.99 Å². The van der Waals surface area contributed by atoms with Gasteiger partial charge in [0.15, 0.2) is 10.8 Å². The van der Waals surface area contributed by atoms with Crippen LogP contribution < -0.4 is 15.0 Å². The molecule has 0 radical (unpaired) electrons. The summed E-state index contributed by atoms with van der Waals surface area (Å²) in [5, 5.41) is 5.93. The number of thiazole rings is 1. The molecule has 16 heteroatoms. The first-order valence-corrected chi connectivity index (χ1v) is 19.1. The summed E-state index contributed by atoms with van der Waals surface area (Å²) in [5.41, 5.74) is 2.64. The molecule has 8 rings (SSSR count). The van der Waals surface area contributed by atoms with Gasteiger partial charge in [-0.25, -0.2) is 19.0 Å². The van der Waals surface area contributed by atoms with Crippen molar-refractivity contribution in [1.82, 2.24) is 25.0 Å². The van der Waals surface area contributed by atoms with Gasteiger partial charge in [-0.3, -0.25) is 19.6 Å². The number of hydrogen-bond acceptors (Lipinski definition) is 11. The van der Waals surface area contributed by atoms with E-state index in [1.54, 1.807) is 40.3 Å². The van der Waals surface area contributed by atoms with Crippen molar-refractivity contribution in [1.29, 1.82) is 0 Å². The van der Waals surface area contributed by atoms with Crippen molar-refractivity contribution in [3.05, 3.63) is 117 Å². The Kier molecular flexibility index (Phi) is 10.5. The van der Waals surface area contributed by atoms with Gasteiger partial charge in [0, 0.05) is 84.9 Å². The van der Waals surface area contributed by atoms with E-state index >= 15 is 0 Å². The van der Waals surface area contributed by atoms with Crippen LogP contribution in [-0.4, -0.2) is 116 Å². The molecule has 3 fully saturated rings. The van der Waals surface area contributed by atoms with Crippen LogP contribution in [0.15, 0.2) is 94.6 Å². The summed E-state index contributed by atoms with van der Waals surface area (Å²) in [4.78, 5) is 56.7. The summed E-state index contributed by atoms with van der Waals surface area (Å²) < 4.78 is 30.7. The van der Waals surface area contributed by atoms with Gasteiger partial charge >= 0.3 is 12.0 Å². The lowest BCUT2D eigenvalue weighted by Gasteiger charge is -2.38. The molecule has 0 spiro atoms. The summed E-state index contributed by atoms with van der Waals surface area (Å²) in [7, 11) is 1.31. The molecule has 2 atom stereocenters. The molecule has 4 aliphatic heterocycles. The number of ether oxygens (including phenoxy) is 3. The fourth-order valence-corrected chi connectivity index (χ4v) is 8.13. The summed E-state index contributed by atoms with van der Waals surface area (Å²) in [6.07, 6.45) is 1.67. The second-order valence-electron chi connectivity index (χ2n) is 13.4. The Morgan fingerprint density at radius 3 is 2.44 bits per heavy atom. The fourth-order valence-electron chi connectivity index (χ4n) is 7.27. The third-order valence-electron chi connectivity index (χ3n) is 10.0. The van der Waals surface area contributed by atoms with Gasteiger partial charge in [0.1, 0.15) is 23.4 Å². The van der Waals surface area contributed by atoms with Gasteiger partial charge in [-0.1, -0.05) is 17.7 Å². The first kappa shape index (κ1) is 36.6. The number of nitrogens with zero attached hydrogens (tertiary/aromatic N) is 6. The lowest BCUT2D eigenvalue weighted by atomic mass is 9.95. The Morgan fingerprint density at radius 1 is 1.00 bits per heavy atom. The smallest absolute Gasteiger partial charge is 0.338 e. The number of carbonyl (C=O) groups excluding carboxylic acids is 3. The van der Waals surface area contributed by atoms with E-state index < -0.39 is 17.8 Å². The standard InChI is InChI=1S/C39H37ClFN7O6S/c1-52-38(50)33-32(43-35(36-42-12-19-55-36)44-34(33)30-11-4-25(41)20-31(30)40)23-45-13-14-47-27(21-45)22-48(39(47)51)26-5-9-29(10-6-26)54-28-7-2-24(3-8-28)37(49)46-15-17-53-18-16-46/h2-12,19-20,27,34H,13-18,21-23H2,1H3,(H,43,44). The molecule has 13 nitrogen and oxygen atoms in total. The molecule has 1 N–H and O–H groups in total. The SMILES string of the molecule is COC(=O)C1=C(CN2CCN3C(=O)N(c4ccc(Oc5ccc(C(=O)N6CCOCC6)cc5)cc4)CC3C2)NC(c2nccs2)=NC1c1ccc(F)cc1Cl. The maximum atomic E-state index is 14.1. The Bertz CT molecular complexity index is 2140. The molecule has 5 heterocycles. The van der Waals surface area contributed by atoms with Gasteiger partial charge in [-0.05, 0) is 60.7 Å². The summed E-state index contributed by atoms with van der Waals surface area (Å²) in [6, 6.07) is 17.4. The first-order chi connectivity index (χ1) is 26.7. The number of nitrogens with one attached hydrogen (secondary N) is 1. The van der Waals surface area contributed by atoms with Gasteiger partial charge in [0.25, 0.3) is 5.91 Å². The lowest BCUT2D eigenvalue weighted by Crippen LogP contribution is -2.53. The topological polar surface area (TPSA) is 129 Å². The Hall–Kier alpha value is -5.35. The van der Waals surface area contributed by atoms with E-state index in [1.165, 1.54) is 36.6 Å². The van der Waals surface area contributed by atoms with Gasteiger partial charge in [0.2, 0.25) is 0 Å². The van der Waals surface area contributed by atoms with Crippen LogP contribution in [0.5, 0.6) is 11.5 Å². The fraction of sp³-hybridized carbons (Fsp3) is 0.308. The number of aromatic nitrogens is 1. The van der Waals surface area contributed by atoms with Gasteiger partial charge in [-0.2, -0.15) is 0 Å². The van der Waals surface area contributed by atoms with Crippen molar-refractivity contribution < 1.29 is 33.0 Å². The molecule has 0 saturated carbocycles. The zero-order valence-electron chi connectivity index (χ0n) is 29.8. The maximum absolute atomic E-state index is 14.1. The summed E-state index contributed by atoms with van der Waals surface area (Å²) >= 11 is 7.91. The molecular formula is C39H37ClFN7O6S. The van der Waals surface area contributed by atoms with Crippen LogP contribution in [0.4, 0.5) is 14.9 Å². The van der Waals surface area contributed by atoms with Crippen molar-refractivity contribution in [3.8, 4) is 11.5 Å². The van der Waals surface area contributed by atoms with Crippen LogP contribution in [-0.2, 0) is 14.3 Å². The maximum Gasteiger partial charge on any atom is 0.338 e. The van der Waals surface area contributed by atoms with Crippen LogP contribution in [0.3, 0.4) is 0 Å². The number of amidine groups is 1. The van der Waals surface area contributed by atoms with E-state index in [9.17, 15) is 18.8 Å². The number of benzene rings is 3. The number of fused-ring (bicyclic) bond motifs is 1. The normalized spacial score (nSPS) is 20.2. The lowest BCUT2D eigenvalue weighted by molar-refractivity contribution is -0.136. The number of urea groups is 1. The highest BCUT2D eigenvalue weighted by atomic mass is 35.5. The van der Waals surface area contributed by atoms with Crippen LogP contribution >= 0.6 is 22.9 Å². The van der Waals surface area contributed by atoms with Gasteiger partial charge in [0.05, 0.1) is 31.9 Å². The van der Waals surface area contributed by atoms with Crippen LogP contribution in [0, 0.1) is 5.82 Å². The zero-order chi connectivity index (χ0) is 38.1. The molecule has 4 aliphatic rings. The van der Waals surface area contributed by atoms with Crippen molar-refractivity contribution in [3.63, 3.8) is 0 Å². The Balaban J connectivity index is 0.951. The van der Waals surface area contributed by atoms with Crippen molar-refractivity contribution >= 4 is 52.4 Å². The molecular weight excluding hydrogens is 749 g/mol. The Morgan fingerprint density at radius 2 is 1.75 bits per heavy atom. The third kappa shape index (κ3) is 7.65. The average Bonchev–Trinajstić information content (AvgIpc) is 3.86. The Labute approximate surface area is 325 Å². The minimum absolute atomic E-state index is 0.0289. The second kappa shape index (κ2) is 15.8. The predicted molar refractivity (Wildman–Crippen MR) is 204 cm³/mol. The quantitative estimate of drug-likeness (QED) is 0.224. The molecule has 55 heavy (non-hydrogen) atoms. The van der Waals surface area contributed by atoms with Crippen LogP contribution in [0.1, 0.15) is 27.0 Å². The van der Waals surface area contributed by atoms with Crippen molar-refractivity contribution in [2.75, 3.05) is 71.0 Å². The molecule has 0 aliphatic carbocycles. The largest absolute Gasteiger partial charge is 0.466 e. The number of amides is 3. The van der Waals surface area contributed by atoms with Crippen LogP contribution in [0.2, 0.25) is 5.02 Å². The number of methoxy groups -OCH3 is 1. The number of morpholine rings is 1. The molecule has 0 bridgehead atoms. The monoisotopic (exact) mass is 785 g/mol. The summed E-state index contributed by atoms with van der Waals surface area (Å²) in [5.74, 6) is 0.543. The second-order valence-corrected chi connectivity index (χ2v) is 14.7. The molecule has 284 valence electrons. The number of anilines is 1.